The number of hydrogen-bond acceptors (Lipinski definition) is 3. The second kappa shape index (κ2) is 10.9. The van der Waals surface area contributed by atoms with Gasteiger partial charge in [0.15, 0.2) is 6.10 Å². The second-order valence-corrected chi connectivity index (χ2v) is 8.60. The fraction of sp³-hybridized carbons (Fsp3) is 0.250. The first-order valence-electron chi connectivity index (χ1n) is 10.4. The van der Waals surface area contributed by atoms with Crippen LogP contribution in [0.3, 0.4) is 0 Å². The zero-order valence-corrected chi connectivity index (χ0v) is 19.9. The summed E-state index contributed by atoms with van der Waals surface area (Å²) < 4.78 is 113. The quantitative estimate of drug-likeness (QED) is 0.275. The van der Waals surface area contributed by atoms with Gasteiger partial charge in [0.1, 0.15) is 16.5 Å². The summed E-state index contributed by atoms with van der Waals surface area (Å²) in [5, 5.41) is 9.87. The molecule has 1 atom stereocenters. The van der Waals surface area contributed by atoms with E-state index in [4.69, 9.17) is 27.9 Å². The van der Waals surface area contributed by atoms with Gasteiger partial charge in [-0.3, -0.25) is 0 Å². The Morgan fingerprint density at radius 1 is 0.838 bits per heavy atom. The summed E-state index contributed by atoms with van der Waals surface area (Å²) in [6.45, 7) is -1.99. The fourth-order valence-corrected chi connectivity index (χ4v) is 3.66. The standard InChI is InChI=1S/C24H17Cl2F8NO2/c25-18-9-4-10-19(21(18)26)37-16-7-3-6-15(11-16)35(13-20(36)23(29,30)31)12-14-5-1-2-8-17(14)22(27,28)24(32,33)34/h1-11,20,36H,12-13H2/t20-/m1/s1. The largest absolute Gasteiger partial charge is 0.458 e. The lowest BCUT2D eigenvalue weighted by Gasteiger charge is -2.30. The van der Waals surface area contributed by atoms with E-state index < -0.39 is 48.6 Å². The Morgan fingerprint density at radius 3 is 2.14 bits per heavy atom. The molecule has 0 aliphatic heterocycles. The van der Waals surface area contributed by atoms with Crippen LogP contribution in [-0.4, -0.2) is 30.1 Å². The van der Waals surface area contributed by atoms with Crippen molar-refractivity contribution in [2.45, 2.75) is 30.9 Å². The van der Waals surface area contributed by atoms with Crippen molar-refractivity contribution in [3.63, 3.8) is 0 Å². The lowest BCUT2D eigenvalue weighted by atomic mass is 10.00. The van der Waals surface area contributed by atoms with Crippen molar-refractivity contribution in [1.82, 2.24) is 0 Å². The van der Waals surface area contributed by atoms with Crippen LogP contribution in [-0.2, 0) is 12.5 Å². The van der Waals surface area contributed by atoms with E-state index in [1.165, 1.54) is 48.5 Å². The molecule has 0 aromatic heterocycles. The Morgan fingerprint density at radius 2 is 1.49 bits per heavy atom. The first-order valence-corrected chi connectivity index (χ1v) is 11.1. The highest BCUT2D eigenvalue weighted by molar-refractivity contribution is 6.42. The summed E-state index contributed by atoms with van der Waals surface area (Å²) in [7, 11) is 0. The third kappa shape index (κ3) is 6.77. The zero-order chi connectivity index (χ0) is 27.6. The minimum atomic E-state index is -5.94. The Hall–Kier alpha value is -2.76. The molecule has 0 aliphatic rings. The van der Waals surface area contributed by atoms with Gasteiger partial charge in [0.05, 0.1) is 11.6 Å². The third-order valence-electron chi connectivity index (χ3n) is 5.17. The van der Waals surface area contributed by atoms with Crippen LogP contribution in [0, 0.1) is 0 Å². The average molecular weight is 574 g/mol. The average Bonchev–Trinajstić information content (AvgIpc) is 2.80. The third-order valence-corrected chi connectivity index (χ3v) is 5.97. The zero-order valence-electron chi connectivity index (χ0n) is 18.4. The van der Waals surface area contributed by atoms with Gasteiger partial charge in [-0.05, 0) is 29.8 Å². The molecule has 3 rings (SSSR count). The van der Waals surface area contributed by atoms with Crippen LogP contribution in [0.15, 0.2) is 66.7 Å². The number of anilines is 1. The number of rotatable bonds is 8. The molecule has 37 heavy (non-hydrogen) atoms. The summed E-state index contributed by atoms with van der Waals surface area (Å²) in [6.07, 6.45) is -14.0. The second-order valence-electron chi connectivity index (χ2n) is 7.82. The number of ether oxygens (including phenoxy) is 1. The highest BCUT2D eigenvalue weighted by atomic mass is 35.5. The molecule has 1 N–H and O–H groups in total. The first kappa shape index (κ1) is 28.8. The summed E-state index contributed by atoms with van der Waals surface area (Å²) in [6, 6.07) is 13.3. The van der Waals surface area contributed by atoms with Crippen molar-refractivity contribution >= 4 is 28.9 Å². The van der Waals surface area contributed by atoms with Crippen LogP contribution in [0.1, 0.15) is 11.1 Å². The van der Waals surface area contributed by atoms with Gasteiger partial charge >= 0.3 is 18.3 Å². The molecule has 3 nitrogen and oxygen atoms in total. The monoisotopic (exact) mass is 573 g/mol. The number of aliphatic hydroxyl groups is 1. The van der Waals surface area contributed by atoms with Crippen molar-refractivity contribution in [1.29, 1.82) is 0 Å². The maximum Gasteiger partial charge on any atom is 0.458 e. The van der Waals surface area contributed by atoms with Crippen LogP contribution >= 0.6 is 23.2 Å². The normalized spacial score (nSPS) is 13.4. The Bertz CT molecular complexity index is 1230. The predicted molar refractivity (Wildman–Crippen MR) is 122 cm³/mol. The molecule has 3 aromatic carbocycles. The first-order chi connectivity index (χ1) is 17.1. The van der Waals surface area contributed by atoms with Crippen LogP contribution in [0.25, 0.3) is 0 Å². The van der Waals surface area contributed by atoms with Crippen LogP contribution in [0.4, 0.5) is 40.8 Å². The Kier molecular flexibility index (Phi) is 8.50. The van der Waals surface area contributed by atoms with Gasteiger partial charge in [-0.2, -0.15) is 35.1 Å². The molecule has 0 spiro atoms. The van der Waals surface area contributed by atoms with E-state index in [0.717, 1.165) is 17.0 Å². The highest BCUT2D eigenvalue weighted by Gasteiger charge is 2.59. The molecule has 0 saturated carbocycles. The lowest BCUT2D eigenvalue weighted by Crippen LogP contribution is -2.41. The Balaban J connectivity index is 2.02. The summed E-state index contributed by atoms with van der Waals surface area (Å²) >= 11 is 12.0. The molecule has 0 unspecified atom stereocenters. The fourth-order valence-electron chi connectivity index (χ4n) is 3.33. The summed E-state index contributed by atoms with van der Waals surface area (Å²) in [5.74, 6) is -5.13. The highest BCUT2D eigenvalue weighted by Crippen LogP contribution is 2.45. The molecule has 0 saturated heterocycles. The van der Waals surface area contributed by atoms with Gasteiger partial charge in [0.2, 0.25) is 0 Å². The Labute approximate surface area is 215 Å². The van der Waals surface area contributed by atoms with E-state index in [0.29, 0.717) is 6.07 Å². The molecule has 0 fully saturated rings. The number of halogens is 10. The maximum atomic E-state index is 14.2. The number of alkyl halides is 8. The molecule has 3 aromatic rings. The van der Waals surface area contributed by atoms with Crippen LogP contribution in [0.5, 0.6) is 11.5 Å². The molecule has 200 valence electrons. The molecule has 0 aliphatic carbocycles. The molecule has 0 bridgehead atoms. The van der Waals surface area contributed by atoms with Gasteiger partial charge in [-0.15, -0.1) is 0 Å². The van der Waals surface area contributed by atoms with Gasteiger partial charge in [-0.1, -0.05) is 59.6 Å². The molecule has 13 heteroatoms. The van der Waals surface area contributed by atoms with Crippen LogP contribution < -0.4 is 9.64 Å². The maximum absolute atomic E-state index is 14.2. The lowest BCUT2D eigenvalue weighted by molar-refractivity contribution is -0.289. The van der Waals surface area contributed by atoms with Crippen molar-refractivity contribution in [2.24, 2.45) is 0 Å². The molecule has 0 amide bonds. The van der Waals surface area contributed by atoms with Gasteiger partial charge in [-0.25, -0.2) is 0 Å². The van der Waals surface area contributed by atoms with E-state index in [9.17, 15) is 40.2 Å². The number of aliphatic hydroxyl groups excluding tert-OH is 1. The van der Waals surface area contributed by atoms with Crippen molar-refractivity contribution in [3.8, 4) is 11.5 Å². The van der Waals surface area contributed by atoms with Gasteiger partial charge < -0.3 is 14.7 Å². The molecular weight excluding hydrogens is 557 g/mol. The summed E-state index contributed by atoms with van der Waals surface area (Å²) in [4.78, 5) is 0.815. The minimum Gasteiger partial charge on any atom is -0.456 e. The summed E-state index contributed by atoms with van der Waals surface area (Å²) in [5.41, 5.74) is -2.08. The molecular formula is C24H17Cl2F8NO2. The van der Waals surface area contributed by atoms with Gasteiger partial charge in [0, 0.05) is 23.9 Å². The van der Waals surface area contributed by atoms with E-state index in [1.54, 1.807) is 0 Å². The van der Waals surface area contributed by atoms with Crippen molar-refractivity contribution < 1.29 is 45.0 Å². The molecule has 0 heterocycles. The number of benzene rings is 3. The SMILES string of the molecule is O[C@H](CN(Cc1ccccc1C(F)(F)C(F)(F)F)c1cccc(Oc2cccc(Cl)c2Cl)c1)C(F)(F)F. The number of nitrogens with zero attached hydrogens (tertiary/aromatic N) is 1. The van der Waals surface area contributed by atoms with Crippen molar-refractivity contribution in [3.05, 3.63) is 87.9 Å². The van der Waals surface area contributed by atoms with Gasteiger partial charge in [0.25, 0.3) is 0 Å². The predicted octanol–water partition coefficient (Wildman–Crippen LogP) is 8.37. The van der Waals surface area contributed by atoms with E-state index in [2.05, 4.69) is 0 Å². The smallest absolute Gasteiger partial charge is 0.456 e. The minimum absolute atomic E-state index is 0.0436. The van der Waals surface area contributed by atoms with E-state index in [-0.39, 0.29) is 27.2 Å². The van der Waals surface area contributed by atoms with Crippen molar-refractivity contribution in [2.75, 3.05) is 11.4 Å². The number of hydrogen-bond donors (Lipinski definition) is 1. The topological polar surface area (TPSA) is 32.7 Å². The van der Waals surface area contributed by atoms with E-state index in [1.807, 2.05) is 0 Å². The van der Waals surface area contributed by atoms with E-state index >= 15 is 0 Å². The van der Waals surface area contributed by atoms with Crippen LogP contribution in [0.2, 0.25) is 10.0 Å². The molecule has 0 radical (unpaired) electrons.